The van der Waals surface area contributed by atoms with Crippen molar-refractivity contribution in [3.8, 4) is 0 Å². The van der Waals surface area contributed by atoms with E-state index in [-0.39, 0.29) is 12.2 Å². The van der Waals surface area contributed by atoms with Crippen molar-refractivity contribution in [2.24, 2.45) is 0 Å². The van der Waals surface area contributed by atoms with Gasteiger partial charge in [-0.3, -0.25) is 0 Å². The van der Waals surface area contributed by atoms with Crippen molar-refractivity contribution in [2.45, 2.75) is 24.4 Å². The highest BCUT2D eigenvalue weighted by atomic mass is 16.7. The maximum Gasteiger partial charge on any atom is 0.335 e. The lowest BCUT2D eigenvalue weighted by Gasteiger charge is -2.24. The van der Waals surface area contributed by atoms with Crippen LogP contribution in [0.25, 0.3) is 0 Å². The summed E-state index contributed by atoms with van der Waals surface area (Å²) < 4.78 is 15.2. The summed E-state index contributed by atoms with van der Waals surface area (Å²) in [5.74, 6) is -0.990. The number of hydrogen-bond acceptors (Lipinski definition) is 4. The highest BCUT2D eigenvalue weighted by Gasteiger charge is 2.55. The van der Waals surface area contributed by atoms with Crippen molar-refractivity contribution in [2.75, 3.05) is 13.7 Å². The SMILES string of the molecule is COC1C(C(=O)O)OCC2OC21. The van der Waals surface area contributed by atoms with E-state index in [0.717, 1.165) is 0 Å². The second-order valence-electron chi connectivity index (χ2n) is 2.93. The van der Waals surface area contributed by atoms with E-state index < -0.39 is 18.2 Å². The van der Waals surface area contributed by atoms with Gasteiger partial charge in [0, 0.05) is 7.11 Å². The zero-order valence-corrected chi connectivity index (χ0v) is 6.60. The Labute approximate surface area is 69.2 Å². The number of carboxylic acid groups (broad SMARTS) is 1. The van der Waals surface area contributed by atoms with Gasteiger partial charge in [0.05, 0.1) is 6.61 Å². The van der Waals surface area contributed by atoms with Crippen LogP contribution in [0.1, 0.15) is 0 Å². The predicted octanol–water partition coefficient (Wildman–Crippen LogP) is -0.748. The minimum atomic E-state index is -0.990. The van der Waals surface area contributed by atoms with E-state index in [4.69, 9.17) is 19.3 Å². The number of rotatable bonds is 2. The first-order valence-electron chi connectivity index (χ1n) is 3.76. The third-order valence-corrected chi connectivity index (χ3v) is 2.20. The smallest absolute Gasteiger partial charge is 0.335 e. The fourth-order valence-corrected chi connectivity index (χ4v) is 1.51. The van der Waals surface area contributed by atoms with Crippen molar-refractivity contribution >= 4 is 5.97 Å². The molecule has 0 bridgehead atoms. The Morgan fingerprint density at radius 3 is 3.00 bits per heavy atom. The molecule has 2 aliphatic rings. The first-order chi connectivity index (χ1) is 5.74. The van der Waals surface area contributed by atoms with Crippen LogP contribution in [-0.4, -0.2) is 49.2 Å². The van der Waals surface area contributed by atoms with E-state index in [1.54, 1.807) is 0 Å². The van der Waals surface area contributed by atoms with Gasteiger partial charge in [0.1, 0.15) is 18.3 Å². The number of aliphatic carboxylic acids is 1. The monoisotopic (exact) mass is 174 g/mol. The first-order valence-corrected chi connectivity index (χ1v) is 3.76. The number of epoxide rings is 1. The van der Waals surface area contributed by atoms with Crippen molar-refractivity contribution < 1.29 is 24.1 Å². The lowest BCUT2D eigenvalue weighted by atomic mass is 10.1. The van der Waals surface area contributed by atoms with Gasteiger partial charge in [0.15, 0.2) is 6.10 Å². The van der Waals surface area contributed by atoms with Gasteiger partial charge >= 0.3 is 5.97 Å². The predicted molar refractivity (Wildman–Crippen MR) is 36.8 cm³/mol. The fraction of sp³-hybridized carbons (Fsp3) is 0.857. The van der Waals surface area contributed by atoms with Gasteiger partial charge in [-0.1, -0.05) is 0 Å². The molecule has 1 N–H and O–H groups in total. The highest BCUT2D eigenvalue weighted by Crippen LogP contribution is 2.34. The van der Waals surface area contributed by atoms with Gasteiger partial charge in [0.25, 0.3) is 0 Å². The van der Waals surface area contributed by atoms with Crippen LogP contribution in [0.2, 0.25) is 0 Å². The minimum Gasteiger partial charge on any atom is -0.479 e. The molecule has 0 aromatic rings. The van der Waals surface area contributed by atoms with E-state index in [1.807, 2.05) is 0 Å². The molecule has 0 aliphatic carbocycles. The number of carbonyl (C=O) groups is 1. The molecule has 0 radical (unpaired) electrons. The summed E-state index contributed by atoms with van der Waals surface area (Å²) in [7, 11) is 1.47. The van der Waals surface area contributed by atoms with Crippen LogP contribution in [-0.2, 0) is 19.0 Å². The second kappa shape index (κ2) is 2.69. The molecular formula is C7H10O5. The molecule has 0 amide bonds. The summed E-state index contributed by atoms with van der Waals surface area (Å²) in [6, 6.07) is 0. The van der Waals surface area contributed by atoms with Crippen LogP contribution < -0.4 is 0 Å². The molecule has 2 fully saturated rings. The van der Waals surface area contributed by atoms with Gasteiger partial charge in [-0.05, 0) is 0 Å². The van der Waals surface area contributed by atoms with Crippen molar-refractivity contribution in [1.29, 1.82) is 0 Å². The number of methoxy groups -OCH3 is 1. The Bertz CT molecular complexity index is 204. The maximum absolute atomic E-state index is 10.6. The molecule has 0 spiro atoms. The van der Waals surface area contributed by atoms with Crippen LogP contribution in [0, 0.1) is 0 Å². The molecule has 5 nitrogen and oxygen atoms in total. The Kier molecular flexibility index (Phi) is 1.79. The van der Waals surface area contributed by atoms with Gasteiger partial charge in [-0.15, -0.1) is 0 Å². The summed E-state index contributed by atoms with van der Waals surface area (Å²) in [6.07, 6.45) is -1.37. The molecule has 2 rings (SSSR count). The number of hydrogen-bond donors (Lipinski definition) is 1. The number of fused-ring (bicyclic) bond motifs is 1. The van der Waals surface area contributed by atoms with Crippen LogP contribution in [0.15, 0.2) is 0 Å². The summed E-state index contributed by atoms with van der Waals surface area (Å²) in [6.45, 7) is 0.363. The van der Waals surface area contributed by atoms with Gasteiger partial charge in [-0.25, -0.2) is 4.79 Å². The Balaban J connectivity index is 2.06. The molecule has 2 aliphatic heterocycles. The van der Waals surface area contributed by atoms with Crippen LogP contribution in [0.4, 0.5) is 0 Å². The van der Waals surface area contributed by atoms with Crippen molar-refractivity contribution in [3.63, 3.8) is 0 Å². The summed E-state index contributed by atoms with van der Waals surface area (Å²) >= 11 is 0. The maximum atomic E-state index is 10.6. The lowest BCUT2D eigenvalue weighted by molar-refractivity contribution is -0.163. The van der Waals surface area contributed by atoms with Crippen LogP contribution >= 0.6 is 0 Å². The zero-order chi connectivity index (χ0) is 8.72. The highest BCUT2D eigenvalue weighted by molar-refractivity contribution is 5.73. The molecule has 5 heteroatoms. The van der Waals surface area contributed by atoms with E-state index >= 15 is 0 Å². The van der Waals surface area contributed by atoms with Gasteiger partial charge in [0.2, 0.25) is 0 Å². The molecular weight excluding hydrogens is 164 g/mol. The van der Waals surface area contributed by atoms with E-state index in [1.165, 1.54) is 7.11 Å². The molecule has 2 heterocycles. The Morgan fingerprint density at radius 2 is 2.42 bits per heavy atom. The summed E-state index contributed by atoms with van der Waals surface area (Å²) in [5, 5.41) is 8.72. The third kappa shape index (κ3) is 1.10. The number of carboxylic acids is 1. The quantitative estimate of drug-likeness (QED) is 0.558. The van der Waals surface area contributed by atoms with E-state index in [2.05, 4.69) is 0 Å². The molecule has 4 atom stereocenters. The minimum absolute atomic E-state index is 0.0468. The average Bonchev–Trinajstić information content (AvgIpc) is 2.79. The normalized spacial score (nSPS) is 45.1. The molecule has 12 heavy (non-hydrogen) atoms. The molecule has 4 unspecified atom stereocenters. The van der Waals surface area contributed by atoms with E-state index in [0.29, 0.717) is 6.61 Å². The van der Waals surface area contributed by atoms with Crippen molar-refractivity contribution in [3.05, 3.63) is 0 Å². The third-order valence-electron chi connectivity index (χ3n) is 2.20. The zero-order valence-electron chi connectivity index (χ0n) is 6.60. The van der Waals surface area contributed by atoms with E-state index in [9.17, 15) is 4.79 Å². The van der Waals surface area contributed by atoms with Crippen LogP contribution in [0.3, 0.4) is 0 Å². The fourth-order valence-electron chi connectivity index (χ4n) is 1.51. The molecule has 0 saturated carbocycles. The molecule has 68 valence electrons. The topological polar surface area (TPSA) is 68.3 Å². The lowest BCUT2D eigenvalue weighted by Crippen LogP contribution is -2.46. The average molecular weight is 174 g/mol. The Morgan fingerprint density at radius 1 is 1.67 bits per heavy atom. The standard InChI is InChI=1S/C7H10O5/c1-10-5-4-3(12-4)2-11-6(5)7(8)9/h3-6H,2H2,1H3,(H,8,9). The second-order valence-corrected chi connectivity index (χ2v) is 2.93. The molecule has 0 aromatic carbocycles. The van der Waals surface area contributed by atoms with Crippen LogP contribution in [0.5, 0.6) is 0 Å². The van der Waals surface area contributed by atoms with Gasteiger partial charge < -0.3 is 19.3 Å². The molecule has 0 aromatic heterocycles. The molecule has 2 saturated heterocycles. The largest absolute Gasteiger partial charge is 0.479 e. The van der Waals surface area contributed by atoms with Gasteiger partial charge in [-0.2, -0.15) is 0 Å². The number of ether oxygens (including phenoxy) is 3. The summed E-state index contributed by atoms with van der Waals surface area (Å²) in [4.78, 5) is 10.6. The van der Waals surface area contributed by atoms with Crippen molar-refractivity contribution in [1.82, 2.24) is 0 Å². The summed E-state index contributed by atoms with van der Waals surface area (Å²) in [5.41, 5.74) is 0. The Hall–Kier alpha value is -0.650. The first kappa shape index (κ1) is 7.97.